The van der Waals surface area contributed by atoms with Gasteiger partial charge in [0.1, 0.15) is 17.3 Å². The summed E-state index contributed by atoms with van der Waals surface area (Å²) < 4.78 is 16.6. The summed E-state index contributed by atoms with van der Waals surface area (Å²) in [5.74, 6) is 2.48. The van der Waals surface area contributed by atoms with Crippen LogP contribution in [0.25, 0.3) is 10.9 Å². The molecule has 0 unspecified atom stereocenters. The second-order valence-corrected chi connectivity index (χ2v) is 7.81. The molecule has 0 amide bonds. The molecule has 0 saturated carbocycles. The molecule has 7 nitrogen and oxygen atoms in total. The predicted octanol–water partition coefficient (Wildman–Crippen LogP) is 4.60. The maximum Gasteiger partial charge on any atom is 0.273 e. The Balaban J connectivity index is 1.93. The summed E-state index contributed by atoms with van der Waals surface area (Å²) in [4.78, 5) is 7.90. The number of methoxy groups -OCH3 is 3. The van der Waals surface area contributed by atoms with Crippen LogP contribution in [0.2, 0.25) is 0 Å². The minimum absolute atomic E-state index is 0.120. The van der Waals surface area contributed by atoms with E-state index in [9.17, 15) is 5.11 Å². The number of aryl methyl sites for hydroxylation is 2. The zero-order chi connectivity index (χ0) is 23.5. The van der Waals surface area contributed by atoms with Crippen LogP contribution >= 0.6 is 0 Å². The fourth-order valence-electron chi connectivity index (χ4n) is 3.95. The lowest BCUT2D eigenvalue weighted by atomic mass is 9.95. The smallest absolute Gasteiger partial charge is 0.273 e. The van der Waals surface area contributed by atoms with Gasteiger partial charge in [0.05, 0.1) is 27.0 Å². The van der Waals surface area contributed by atoms with Crippen molar-refractivity contribution in [2.75, 3.05) is 26.6 Å². The van der Waals surface area contributed by atoms with Crippen LogP contribution in [-0.4, -0.2) is 31.4 Å². The Morgan fingerprint density at radius 2 is 1.61 bits per heavy atom. The maximum absolute atomic E-state index is 11.3. The average molecular weight is 447 g/mol. The second-order valence-electron chi connectivity index (χ2n) is 7.81. The van der Waals surface area contributed by atoms with E-state index in [0.717, 1.165) is 28.2 Å². The lowest BCUT2D eigenvalue weighted by molar-refractivity contribution is -0.371. The number of aromatic nitrogens is 2. The number of hydrogen-bond acceptors (Lipinski definition) is 6. The van der Waals surface area contributed by atoms with E-state index in [1.165, 1.54) is 0 Å². The molecule has 33 heavy (non-hydrogen) atoms. The molecule has 2 aromatic carbocycles. The summed E-state index contributed by atoms with van der Waals surface area (Å²) in [6.45, 7) is 3.89. The molecule has 170 valence electrons. The van der Waals surface area contributed by atoms with Gasteiger partial charge in [0.2, 0.25) is 5.75 Å². The first kappa shape index (κ1) is 22.2. The Labute approximate surface area is 193 Å². The molecule has 0 radical (unpaired) electrons. The second kappa shape index (κ2) is 9.24. The number of phenolic OH excluding ortho intramolecular Hbond substituents is 1. The van der Waals surface area contributed by atoms with Gasteiger partial charge in [-0.3, -0.25) is 5.32 Å². The molecule has 1 atom stereocenters. The van der Waals surface area contributed by atoms with Crippen molar-refractivity contribution in [3.05, 3.63) is 77.1 Å². The van der Waals surface area contributed by atoms with Crippen molar-refractivity contribution in [2.24, 2.45) is 0 Å². The fourth-order valence-corrected chi connectivity index (χ4v) is 3.95. The maximum atomic E-state index is 11.3. The number of ether oxygens (including phenoxy) is 3. The molecule has 7 heteroatoms. The van der Waals surface area contributed by atoms with Gasteiger partial charge in [0.25, 0.3) is 5.82 Å². The van der Waals surface area contributed by atoms with E-state index in [0.29, 0.717) is 28.3 Å². The normalized spacial score (nSPS) is 11.8. The van der Waals surface area contributed by atoms with Crippen molar-refractivity contribution >= 4 is 16.7 Å². The van der Waals surface area contributed by atoms with E-state index in [1.807, 2.05) is 68.4 Å². The number of aromatic amines is 1. The van der Waals surface area contributed by atoms with Crippen LogP contribution in [0.1, 0.15) is 28.6 Å². The first-order valence-corrected chi connectivity index (χ1v) is 10.6. The van der Waals surface area contributed by atoms with Crippen molar-refractivity contribution in [1.82, 2.24) is 4.98 Å². The monoisotopic (exact) mass is 446 g/mol. The number of fused-ring (bicyclic) bond motifs is 1. The van der Waals surface area contributed by atoms with E-state index in [2.05, 4.69) is 15.3 Å². The van der Waals surface area contributed by atoms with Gasteiger partial charge in [0.15, 0.2) is 11.5 Å². The first-order chi connectivity index (χ1) is 15.9. The highest BCUT2D eigenvalue weighted by molar-refractivity contribution is 5.86. The summed E-state index contributed by atoms with van der Waals surface area (Å²) in [5, 5.41) is 15.7. The number of benzene rings is 2. The summed E-state index contributed by atoms with van der Waals surface area (Å²) in [6, 6.07) is 17.0. The molecule has 4 aromatic rings. The largest absolute Gasteiger partial charge is 0.505 e. The minimum atomic E-state index is -0.441. The molecule has 0 aliphatic heterocycles. The van der Waals surface area contributed by atoms with Crippen LogP contribution in [-0.2, 0) is 0 Å². The summed E-state index contributed by atoms with van der Waals surface area (Å²) in [5.41, 5.74) is 3.88. The number of hydrogen-bond donors (Lipinski definition) is 2. The number of anilines is 1. The number of pyridine rings is 2. The van der Waals surface area contributed by atoms with Gasteiger partial charge >= 0.3 is 0 Å². The molecular weight excluding hydrogens is 418 g/mol. The SMILES string of the molecule is COc1cc([C@@H](Nc2cccc(C)[nH+]2)c2ccc3ccc(C)nc3c2O)cc(OC)c1OC. The lowest BCUT2D eigenvalue weighted by Gasteiger charge is -2.20. The molecule has 2 aromatic heterocycles. The first-order valence-electron chi connectivity index (χ1n) is 10.6. The molecule has 0 aliphatic rings. The average Bonchev–Trinajstić information content (AvgIpc) is 2.82. The van der Waals surface area contributed by atoms with Crippen molar-refractivity contribution in [2.45, 2.75) is 19.9 Å². The fraction of sp³-hybridized carbons (Fsp3) is 0.231. The third-order valence-corrected chi connectivity index (χ3v) is 5.58. The van der Waals surface area contributed by atoms with Gasteiger partial charge in [-0.25, -0.2) is 9.97 Å². The molecule has 3 N–H and O–H groups in total. The van der Waals surface area contributed by atoms with Crippen molar-refractivity contribution in [3.63, 3.8) is 0 Å². The number of aromatic hydroxyl groups is 1. The summed E-state index contributed by atoms with van der Waals surface area (Å²) in [7, 11) is 4.73. The van der Waals surface area contributed by atoms with Crippen molar-refractivity contribution in [3.8, 4) is 23.0 Å². The van der Waals surface area contributed by atoms with Gasteiger partial charge in [-0.1, -0.05) is 18.2 Å². The number of nitrogens with one attached hydrogen (secondary N) is 2. The number of nitrogens with zero attached hydrogens (tertiary/aromatic N) is 1. The number of rotatable bonds is 7. The molecule has 0 aliphatic carbocycles. The molecule has 0 spiro atoms. The highest BCUT2D eigenvalue weighted by Gasteiger charge is 2.27. The van der Waals surface area contributed by atoms with E-state index >= 15 is 0 Å². The van der Waals surface area contributed by atoms with Gasteiger partial charge < -0.3 is 19.3 Å². The third kappa shape index (κ3) is 4.35. The minimum Gasteiger partial charge on any atom is -0.505 e. The van der Waals surface area contributed by atoms with E-state index in [-0.39, 0.29) is 5.75 Å². The molecular formula is C26H28N3O4+. The van der Waals surface area contributed by atoms with E-state index in [4.69, 9.17) is 14.2 Å². The zero-order valence-corrected chi connectivity index (χ0v) is 19.4. The lowest BCUT2D eigenvalue weighted by Crippen LogP contribution is -2.21. The summed E-state index contributed by atoms with van der Waals surface area (Å²) in [6.07, 6.45) is 0. The Morgan fingerprint density at radius 3 is 2.24 bits per heavy atom. The molecule has 2 heterocycles. The van der Waals surface area contributed by atoms with Gasteiger partial charge in [-0.2, -0.15) is 0 Å². The third-order valence-electron chi connectivity index (χ3n) is 5.58. The molecule has 4 rings (SSSR count). The van der Waals surface area contributed by atoms with Crippen LogP contribution in [0.3, 0.4) is 0 Å². The summed E-state index contributed by atoms with van der Waals surface area (Å²) >= 11 is 0. The predicted molar refractivity (Wildman–Crippen MR) is 127 cm³/mol. The molecule has 0 saturated heterocycles. The van der Waals surface area contributed by atoms with E-state index < -0.39 is 6.04 Å². The highest BCUT2D eigenvalue weighted by atomic mass is 16.5. The topological polar surface area (TPSA) is 87.0 Å². The highest BCUT2D eigenvalue weighted by Crippen LogP contribution is 2.43. The Bertz CT molecular complexity index is 1280. The number of phenols is 1. The zero-order valence-electron chi connectivity index (χ0n) is 19.4. The van der Waals surface area contributed by atoms with Crippen LogP contribution in [0.15, 0.2) is 54.6 Å². The van der Waals surface area contributed by atoms with Crippen LogP contribution in [0.4, 0.5) is 5.82 Å². The standard InChI is InChI=1S/C26H27N3O4/c1-15-7-6-8-22(27-15)29-23(18-13-20(31-3)26(33-5)21(14-18)32-4)19-12-11-17-10-9-16(2)28-24(17)25(19)30/h6-14,23,30H,1-5H3,(H,27,29)/p+1/t23-/m1/s1. The van der Waals surface area contributed by atoms with Gasteiger partial charge in [-0.15, -0.1) is 0 Å². The van der Waals surface area contributed by atoms with Crippen molar-refractivity contribution < 1.29 is 24.3 Å². The van der Waals surface area contributed by atoms with Crippen LogP contribution in [0, 0.1) is 13.8 Å². The quantitative estimate of drug-likeness (QED) is 0.432. The van der Waals surface area contributed by atoms with Crippen LogP contribution in [0.5, 0.6) is 23.0 Å². The van der Waals surface area contributed by atoms with Gasteiger partial charge in [-0.05, 0) is 44.2 Å². The van der Waals surface area contributed by atoms with Gasteiger partial charge in [0, 0.05) is 28.3 Å². The Morgan fingerprint density at radius 1 is 0.909 bits per heavy atom. The number of H-pyrrole nitrogens is 1. The van der Waals surface area contributed by atoms with E-state index in [1.54, 1.807) is 21.3 Å². The van der Waals surface area contributed by atoms with Crippen LogP contribution < -0.4 is 24.5 Å². The Kier molecular flexibility index (Phi) is 6.22. The molecule has 0 fully saturated rings. The Hall–Kier alpha value is -4.00. The van der Waals surface area contributed by atoms with Crippen molar-refractivity contribution in [1.29, 1.82) is 0 Å². The molecule has 0 bridgehead atoms.